The molecule has 1 aromatic rings. The quantitative estimate of drug-likeness (QED) is 0.543. The van der Waals surface area contributed by atoms with Gasteiger partial charge in [0.25, 0.3) is 0 Å². The Morgan fingerprint density at radius 2 is 1.76 bits per heavy atom. The fourth-order valence-corrected chi connectivity index (χ4v) is 4.58. The van der Waals surface area contributed by atoms with Crippen LogP contribution in [0.25, 0.3) is 0 Å². The largest absolute Gasteiger partial charge is 0.354 e. The number of nitrogens with zero attached hydrogens (tertiary/aromatic N) is 3. The Kier molecular flexibility index (Phi) is 8.81. The zero-order valence-corrected chi connectivity index (χ0v) is 18.8. The van der Waals surface area contributed by atoms with Crippen molar-refractivity contribution in [2.24, 2.45) is 4.99 Å². The van der Waals surface area contributed by atoms with Crippen molar-refractivity contribution in [3.63, 3.8) is 0 Å². The molecule has 0 radical (unpaired) electrons. The summed E-state index contributed by atoms with van der Waals surface area (Å²) in [5.74, 6) is 0.921. The van der Waals surface area contributed by atoms with Crippen LogP contribution in [0.3, 0.4) is 0 Å². The summed E-state index contributed by atoms with van der Waals surface area (Å²) in [6, 6.07) is 10.3. The molecule has 1 atom stereocenters. The lowest BCUT2D eigenvalue weighted by Crippen LogP contribution is -2.48. The van der Waals surface area contributed by atoms with Gasteiger partial charge in [-0.3, -0.25) is 9.89 Å². The van der Waals surface area contributed by atoms with Gasteiger partial charge in [-0.2, -0.15) is 0 Å². The number of piperidine rings is 2. The van der Waals surface area contributed by atoms with Crippen LogP contribution in [0.1, 0.15) is 63.5 Å². The van der Waals surface area contributed by atoms with Crippen molar-refractivity contribution in [1.29, 1.82) is 0 Å². The number of aliphatic imine (C=N–C) groups is 1. The summed E-state index contributed by atoms with van der Waals surface area (Å²) in [6.45, 7) is 11.4. The number of rotatable bonds is 7. The minimum atomic E-state index is 0.531. The van der Waals surface area contributed by atoms with Crippen LogP contribution in [0.15, 0.2) is 29.3 Å². The van der Waals surface area contributed by atoms with Gasteiger partial charge in [0.2, 0.25) is 0 Å². The minimum Gasteiger partial charge on any atom is -0.354 e. The van der Waals surface area contributed by atoms with Crippen LogP contribution in [-0.4, -0.2) is 61.1 Å². The first-order valence-electron chi connectivity index (χ1n) is 11.7. The average molecular weight is 400 g/mol. The lowest BCUT2D eigenvalue weighted by molar-refractivity contribution is 0.152. The van der Waals surface area contributed by atoms with Crippen LogP contribution in [-0.2, 0) is 13.1 Å². The molecule has 2 N–H and O–H groups in total. The highest BCUT2D eigenvalue weighted by molar-refractivity contribution is 5.79. The van der Waals surface area contributed by atoms with E-state index in [1.165, 1.54) is 75.8 Å². The van der Waals surface area contributed by atoms with Crippen molar-refractivity contribution in [3.8, 4) is 0 Å². The average Bonchev–Trinajstić information content (AvgIpc) is 2.75. The standard InChI is InChI=1S/C24H41N5/c1-4-14-28-16-12-23(13-17-28)27-24(25-3)26-18-21-8-10-22(11-9-21)19-29-15-6-5-7-20(29)2/h8-11,20,23H,4-7,12-19H2,1-3H3,(H2,25,26,27). The van der Waals surface area contributed by atoms with Crippen LogP contribution in [0.4, 0.5) is 0 Å². The molecule has 2 aliphatic heterocycles. The first kappa shape index (κ1) is 22.1. The maximum Gasteiger partial charge on any atom is 0.191 e. The molecule has 0 aromatic heterocycles. The molecular formula is C24H41N5. The molecule has 162 valence electrons. The predicted molar refractivity (Wildman–Crippen MR) is 123 cm³/mol. The van der Waals surface area contributed by atoms with Crippen LogP contribution < -0.4 is 10.6 Å². The summed E-state index contributed by atoms with van der Waals surface area (Å²) in [7, 11) is 1.87. The summed E-state index contributed by atoms with van der Waals surface area (Å²) in [4.78, 5) is 9.62. The molecule has 0 bridgehead atoms. The third-order valence-corrected chi connectivity index (χ3v) is 6.50. The lowest BCUT2D eigenvalue weighted by atomic mass is 10.0. The lowest BCUT2D eigenvalue weighted by Gasteiger charge is -2.33. The van der Waals surface area contributed by atoms with E-state index in [2.05, 4.69) is 63.5 Å². The van der Waals surface area contributed by atoms with Gasteiger partial charge in [-0.25, -0.2) is 0 Å². The molecule has 5 nitrogen and oxygen atoms in total. The number of benzene rings is 1. The van der Waals surface area contributed by atoms with Gasteiger partial charge in [-0.1, -0.05) is 37.6 Å². The molecule has 2 saturated heterocycles. The molecule has 29 heavy (non-hydrogen) atoms. The smallest absolute Gasteiger partial charge is 0.191 e. The van der Waals surface area contributed by atoms with E-state index in [1.54, 1.807) is 0 Å². The second kappa shape index (κ2) is 11.6. The Bertz CT molecular complexity index is 619. The molecule has 2 fully saturated rings. The normalized spacial score (nSPS) is 22.6. The van der Waals surface area contributed by atoms with E-state index in [-0.39, 0.29) is 0 Å². The first-order valence-corrected chi connectivity index (χ1v) is 11.7. The molecule has 0 saturated carbocycles. The summed E-state index contributed by atoms with van der Waals surface area (Å²) in [6.07, 6.45) is 7.71. The highest BCUT2D eigenvalue weighted by Crippen LogP contribution is 2.19. The zero-order valence-electron chi connectivity index (χ0n) is 18.8. The number of hydrogen-bond acceptors (Lipinski definition) is 3. The fourth-order valence-electron chi connectivity index (χ4n) is 4.58. The van der Waals surface area contributed by atoms with E-state index in [0.717, 1.165) is 19.0 Å². The molecule has 5 heteroatoms. The fraction of sp³-hybridized carbons (Fsp3) is 0.708. The molecule has 1 aromatic carbocycles. The number of hydrogen-bond donors (Lipinski definition) is 2. The second-order valence-electron chi connectivity index (χ2n) is 8.82. The van der Waals surface area contributed by atoms with Crippen LogP contribution in [0.2, 0.25) is 0 Å². The Balaban J connectivity index is 1.41. The molecule has 1 unspecified atom stereocenters. The maximum absolute atomic E-state index is 4.43. The van der Waals surface area contributed by atoms with Crippen LogP contribution >= 0.6 is 0 Å². The van der Waals surface area contributed by atoms with Gasteiger partial charge in [0.05, 0.1) is 0 Å². The van der Waals surface area contributed by atoms with Crippen molar-refractivity contribution in [2.75, 3.05) is 33.2 Å². The van der Waals surface area contributed by atoms with Gasteiger partial charge in [-0.05, 0) is 63.2 Å². The second-order valence-corrected chi connectivity index (χ2v) is 8.82. The summed E-state index contributed by atoms with van der Waals surface area (Å²) in [5.41, 5.74) is 2.73. The van der Waals surface area contributed by atoms with Gasteiger partial charge in [0.15, 0.2) is 5.96 Å². The van der Waals surface area contributed by atoms with E-state index in [1.807, 2.05) is 7.05 Å². The summed E-state index contributed by atoms with van der Waals surface area (Å²) in [5, 5.41) is 7.11. The summed E-state index contributed by atoms with van der Waals surface area (Å²) < 4.78 is 0. The molecule has 0 spiro atoms. The third kappa shape index (κ3) is 7.00. The highest BCUT2D eigenvalue weighted by Gasteiger charge is 2.19. The number of guanidine groups is 1. The van der Waals surface area contributed by atoms with Gasteiger partial charge >= 0.3 is 0 Å². The van der Waals surface area contributed by atoms with E-state index < -0.39 is 0 Å². The first-order chi connectivity index (χ1) is 14.2. The maximum atomic E-state index is 4.43. The molecule has 0 amide bonds. The Labute approximate surface area is 178 Å². The monoisotopic (exact) mass is 399 g/mol. The Hall–Kier alpha value is -1.59. The zero-order chi connectivity index (χ0) is 20.5. The Morgan fingerprint density at radius 1 is 1.03 bits per heavy atom. The van der Waals surface area contributed by atoms with E-state index in [9.17, 15) is 0 Å². The van der Waals surface area contributed by atoms with Crippen molar-refractivity contribution >= 4 is 5.96 Å². The number of likely N-dealkylation sites (tertiary alicyclic amines) is 2. The SMILES string of the molecule is CCCN1CCC(NC(=NC)NCc2ccc(CN3CCCCC3C)cc2)CC1. The van der Waals surface area contributed by atoms with Crippen molar-refractivity contribution < 1.29 is 0 Å². The van der Waals surface area contributed by atoms with Crippen molar-refractivity contribution in [1.82, 2.24) is 20.4 Å². The van der Waals surface area contributed by atoms with Gasteiger partial charge in [0, 0.05) is 45.3 Å². The number of nitrogens with one attached hydrogen (secondary N) is 2. The van der Waals surface area contributed by atoms with Gasteiger partial charge in [-0.15, -0.1) is 0 Å². The Morgan fingerprint density at radius 3 is 2.41 bits per heavy atom. The molecule has 3 rings (SSSR count). The van der Waals surface area contributed by atoms with Gasteiger partial charge < -0.3 is 15.5 Å². The van der Waals surface area contributed by atoms with Crippen LogP contribution in [0, 0.1) is 0 Å². The summed E-state index contributed by atoms with van der Waals surface area (Å²) >= 11 is 0. The van der Waals surface area contributed by atoms with Crippen LogP contribution in [0.5, 0.6) is 0 Å². The third-order valence-electron chi connectivity index (χ3n) is 6.50. The van der Waals surface area contributed by atoms with E-state index in [4.69, 9.17) is 0 Å². The molecule has 2 heterocycles. The van der Waals surface area contributed by atoms with Crippen molar-refractivity contribution in [2.45, 2.75) is 77.5 Å². The predicted octanol–water partition coefficient (Wildman–Crippen LogP) is 3.60. The van der Waals surface area contributed by atoms with Gasteiger partial charge in [0.1, 0.15) is 0 Å². The van der Waals surface area contributed by atoms with Crippen molar-refractivity contribution in [3.05, 3.63) is 35.4 Å². The minimum absolute atomic E-state index is 0.531. The highest BCUT2D eigenvalue weighted by atomic mass is 15.2. The molecule has 0 aliphatic carbocycles. The van der Waals surface area contributed by atoms with E-state index in [0.29, 0.717) is 12.1 Å². The molecule has 2 aliphatic rings. The molecular weight excluding hydrogens is 358 g/mol. The van der Waals surface area contributed by atoms with E-state index >= 15 is 0 Å². The topological polar surface area (TPSA) is 42.9 Å².